The first kappa shape index (κ1) is 15.5. The second-order valence-corrected chi connectivity index (χ2v) is 5.98. The van der Waals surface area contributed by atoms with Crippen LogP contribution in [0.3, 0.4) is 0 Å². The van der Waals surface area contributed by atoms with E-state index in [1.807, 2.05) is 29.2 Å². The number of benzene rings is 2. The molecule has 3 nitrogen and oxygen atoms in total. The molecule has 0 heterocycles. The van der Waals surface area contributed by atoms with Crippen LogP contribution in [0.4, 0.5) is 4.39 Å². The Labute approximate surface area is 135 Å². The zero-order chi connectivity index (χ0) is 16.4. The van der Waals surface area contributed by atoms with E-state index >= 15 is 0 Å². The highest BCUT2D eigenvalue weighted by atomic mass is 19.1. The molecule has 0 spiro atoms. The van der Waals surface area contributed by atoms with Crippen LogP contribution in [0.25, 0.3) is 0 Å². The molecule has 2 aromatic carbocycles. The van der Waals surface area contributed by atoms with Gasteiger partial charge in [0.15, 0.2) is 0 Å². The monoisotopic (exact) mass is 313 g/mol. The maximum Gasteiger partial charge on any atom is 0.254 e. The van der Waals surface area contributed by atoms with Crippen molar-refractivity contribution in [2.45, 2.75) is 32.4 Å². The fourth-order valence-corrected chi connectivity index (χ4v) is 2.57. The van der Waals surface area contributed by atoms with Gasteiger partial charge in [0.1, 0.15) is 11.6 Å². The minimum absolute atomic E-state index is 0.109. The standard InChI is InChI=1S/C19H20FNO2/c1-13-3-6-15(11-18(13)20)19(22)21(16-7-8-16)12-14-4-9-17(23-2)10-5-14/h3-6,9-11,16H,7-8,12H2,1-2H3. The molecule has 0 unspecified atom stereocenters. The Morgan fingerprint density at radius 3 is 2.48 bits per heavy atom. The van der Waals surface area contributed by atoms with E-state index in [-0.39, 0.29) is 17.8 Å². The van der Waals surface area contributed by atoms with Crippen LogP contribution in [0.15, 0.2) is 42.5 Å². The van der Waals surface area contributed by atoms with Crippen molar-refractivity contribution in [1.82, 2.24) is 4.90 Å². The molecular formula is C19H20FNO2. The number of amides is 1. The number of methoxy groups -OCH3 is 1. The van der Waals surface area contributed by atoms with Crippen molar-refractivity contribution >= 4 is 5.91 Å². The summed E-state index contributed by atoms with van der Waals surface area (Å²) in [6.45, 7) is 2.22. The van der Waals surface area contributed by atoms with E-state index in [1.54, 1.807) is 26.2 Å². The molecular weight excluding hydrogens is 293 g/mol. The zero-order valence-electron chi connectivity index (χ0n) is 13.4. The number of nitrogens with zero attached hydrogens (tertiary/aromatic N) is 1. The summed E-state index contributed by atoms with van der Waals surface area (Å²) in [4.78, 5) is 14.6. The Morgan fingerprint density at radius 1 is 1.22 bits per heavy atom. The number of carbonyl (C=O) groups is 1. The van der Waals surface area contributed by atoms with Crippen molar-refractivity contribution in [2.75, 3.05) is 7.11 Å². The third kappa shape index (κ3) is 3.52. The SMILES string of the molecule is COc1ccc(CN(C(=O)c2ccc(C)c(F)c2)C2CC2)cc1. The van der Waals surface area contributed by atoms with Crippen LogP contribution in [0.5, 0.6) is 5.75 Å². The highest BCUT2D eigenvalue weighted by Gasteiger charge is 2.33. The van der Waals surface area contributed by atoms with Gasteiger partial charge in [0.2, 0.25) is 0 Å². The first-order chi connectivity index (χ1) is 11.1. The molecule has 0 aromatic heterocycles. The largest absolute Gasteiger partial charge is 0.497 e. The second kappa shape index (κ2) is 6.41. The summed E-state index contributed by atoms with van der Waals surface area (Å²) >= 11 is 0. The summed E-state index contributed by atoms with van der Waals surface area (Å²) in [6.07, 6.45) is 2.02. The summed E-state index contributed by atoms with van der Waals surface area (Å²) in [5.74, 6) is 0.344. The fraction of sp³-hybridized carbons (Fsp3) is 0.316. The van der Waals surface area contributed by atoms with E-state index in [0.29, 0.717) is 17.7 Å². The Morgan fingerprint density at radius 2 is 1.91 bits per heavy atom. The van der Waals surface area contributed by atoms with Crippen LogP contribution in [0.1, 0.15) is 34.3 Å². The first-order valence-electron chi connectivity index (χ1n) is 7.78. The lowest BCUT2D eigenvalue weighted by Gasteiger charge is -2.23. The van der Waals surface area contributed by atoms with Gasteiger partial charge in [-0.05, 0) is 55.2 Å². The highest BCUT2D eigenvalue weighted by Crippen LogP contribution is 2.30. The average molecular weight is 313 g/mol. The maximum atomic E-state index is 13.7. The molecule has 23 heavy (non-hydrogen) atoms. The quantitative estimate of drug-likeness (QED) is 0.836. The summed E-state index contributed by atoms with van der Waals surface area (Å²) in [7, 11) is 1.63. The van der Waals surface area contributed by atoms with Gasteiger partial charge in [0.25, 0.3) is 5.91 Å². The number of hydrogen-bond acceptors (Lipinski definition) is 2. The first-order valence-corrected chi connectivity index (χ1v) is 7.78. The zero-order valence-corrected chi connectivity index (χ0v) is 13.4. The molecule has 120 valence electrons. The molecule has 1 aliphatic rings. The fourth-order valence-electron chi connectivity index (χ4n) is 2.57. The molecule has 2 aromatic rings. The molecule has 1 saturated carbocycles. The molecule has 0 radical (unpaired) electrons. The van der Waals surface area contributed by atoms with E-state index in [1.165, 1.54) is 6.07 Å². The Hall–Kier alpha value is -2.36. The van der Waals surface area contributed by atoms with Gasteiger partial charge in [-0.3, -0.25) is 4.79 Å². The van der Waals surface area contributed by atoms with Gasteiger partial charge in [-0.2, -0.15) is 0 Å². The van der Waals surface area contributed by atoms with Crippen LogP contribution >= 0.6 is 0 Å². The van der Waals surface area contributed by atoms with Crippen molar-refractivity contribution in [1.29, 1.82) is 0 Å². The predicted molar refractivity (Wildman–Crippen MR) is 87.0 cm³/mol. The lowest BCUT2D eigenvalue weighted by atomic mass is 10.1. The predicted octanol–water partition coefficient (Wildman–Crippen LogP) is 3.95. The topological polar surface area (TPSA) is 29.5 Å². The number of aryl methyl sites for hydroxylation is 1. The minimum atomic E-state index is -0.337. The van der Waals surface area contributed by atoms with Gasteiger partial charge in [-0.15, -0.1) is 0 Å². The smallest absolute Gasteiger partial charge is 0.254 e. The maximum absolute atomic E-state index is 13.7. The number of carbonyl (C=O) groups excluding carboxylic acids is 1. The third-order valence-electron chi connectivity index (χ3n) is 4.18. The average Bonchev–Trinajstić information content (AvgIpc) is 3.40. The van der Waals surface area contributed by atoms with Crippen molar-refractivity contribution in [2.24, 2.45) is 0 Å². The van der Waals surface area contributed by atoms with Gasteiger partial charge in [0, 0.05) is 18.2 Å². The molecule has 3 rings (SSSR count). The van der Waals surface area contributed by atoms with Crippen LogP contribution in [-0.2, 0) is 6.54 Å². The van der Waals surface area contributed by atoms with Crippen LogP contribution in [0, 0.1) is 12.7 Å². The summed E-state index contributed by atoms with van der Waals surface area (Å²) in [5, 5.41) is 0. The number of halogens is 1. The normalized spacial score (nSPS) is 13.7. The number of rotatable bonds is 5. The second-order valence-electron chi connectivity index (χ2n) is 5.98. The van der Waals surface area contributed by atoms with E-state index in [0.717, 1.165) is 24.2 Å². The van der Waals surface area contributed by atoms with Crippen LogP contribution in [-0.4, -0.2) is 24.0 Å². The molecule has 0 atom stereocenters. The van der Waals surface area contributed by atoms with Crippen molar-refractivity contribution in [3.05, 3.63) is 65.0 Å². The van der Waals surface area contributed by atoms with Crippen molar-refractivity contribution in [3.63, 3.8) is 0 Å². The Balaban J connectivity index is 1.80. The summed E-state index contributed by atoms with van der Waals surface area (Å²) < 4.78 is 18.9. The van der Waals surface area contributed by atoms with Crippen LogP contribution < -0.4 is 4.74 Å². The molecule has 0 saturated heterocycles. The lowest BCUT2D eigenvalue weighted by molar-refractivity contribution is 0.0729. The Bertz CT molecular complexity index is 708. The van der Waals surface area contributed by atoms with Crippen molar-refractivity contribution < 1.29 is 13.9 Å². The molecule has 0 bridgehead atoms. The molecule has 0 N–H and O–H groups in total. The van der Waals surface area contributed by atoms with Gasteiger partial charge in [-0.1, -0.05) is 18.2 Å². The molecule has 0 aliphatic heterocycles. The van der Waals surface area contributed by atoms with Gasteiger partial charge in [-0.25, -0.2) is 4.39 Å². The summed E-state index contributed by atoms with van der Waals surface area (Å²) in [5.41, 5.74) is 2.00. The van der Waals surface area contributed by atoms with E-state index in [4.69, 9.17) is 4.74 Å². The van der Waals surface area contributed by atoms with E-state index in [2.05, 4.69) is 0 Å². The number of ether oxygens (including phenoxy) is 1. The molecule has 1 amide bonds. The van der Waals surface area contributed by atoms with Crippen LogP contribution in [0.2, 0.25) is 0 Å². The van der Waals surface area contributed by atoms with Crippen molar-refractivity contribution in [3.8, 4) is 5.75 Å². The minimum Gasteiger partial charge on any atom is -0.497 e. The Kier molecular flexibility index (Phi) is 4.33. The number of hydrogen-bond donors (Lipinski definition) is 0. The lowest BCUT2D eigenvalue weighted by Crippen LogP contribution is -2.32. The van der Waals surface area contributed by atoms with Gasteiger partial charge < -0.3 is 9.64 Å². The molecule has 4 heteroatoms. The van der Waals surface area contributed by atoms with Gasteiger partial charge in [0.05, 0.1) is 7.11 Å². The molecule has 1 aliphatic carbocycles. The van der Waals surface area contributed by atoms with E-state index in [9.17, 15) is 9.18 Å². The highest BCUT2D eigenvalue weighted by molar-refractivity contribution is 5.94. The third-order valence-corrected chi connectivity index (χ3v) is 4.18. The van der Waals surface area contributed by atoms with Gasteiger partial charge >= 0.3 is 0 Å². The summed E-state index contributed by atoms with van der Waals surface area (Å²) in [6, 6.07) is 12.6. The molecule has 1 fully saturated rings. The van der Waals surface area contributed by atoms with E-state index < -0.39 is 0 Å².